The molecule has 0 bridgehead atoms. The second kappa shape index (κ2) is 6.93. The zero-order valence-corrected chi connectivity index (χ0v) is 15.9. The molecule has 1 aromatic heterocycles. The lowest BCUT2D eigenvalue weighted by Gasteiger charge is -2.36. The summed E-state index contributed by atoms with van der Waals surface area (Å²) in [4.78, 5) is 16.5. The number of aryl methyl sites for hydroxylation is 1. The van der Waals surface area contributed by atoms with E-state index in [0.717, 1.165) is 37.2 Å². The number of carbonyl (C=O) groups is 1. The highest BCUT2D eigenvalue weighted by molar-refractivity contribution is 7.12. The summed E-state index contributed by atoms with van der Waals surface area (Å²) < 4.78 is 10.1. The van der Waals surface area contributed by atoms with E-state index in [9.17, 15) is 9.90 Å². The van der Waals surface area contributed by atoms with E-state index in [-0.39, 0.29) is 11.7 Å². The number of ether oxygens (including phenoxy) is 2. The van der Waals surface area contributed by atoms with Gasteiger partial charge in [-0.3, -0.25) is 9.69 Å². The predicted molar refractivity (Wildman–Crippen MR) is 99.9 cm³/mol. The lowest BCUT2D eigenvalue weighted by Crippen LogP contribution is -2.34. The fraction of sp³-hybridized carbons (Fsp3) is 0.450. The van der Waals surface area contributed by atoms with Gasteiger partial charge in [0.1, 0.15) is 0 Å². The van der Waals surface area contributed by atoms with Gasteiger partial charge in [0.05, 0.1) is 20.6 Å². The molecule has 2 aliphatic heterocycles. The predicted octanol–water partition coefficient (Wildman–Crippen LogP) is 3.22. The van der Waals surface area contributed by atoms with Gasteiger partial charge in [-0.2, -0.15) is 0 Å². The highest BCUT2D eigenvalue weighted by atomic mass is 32.1. The van der Waals surface area contributed by atoms with Crippen LogP contribution in [-0.2, 0) is 35.3 Å². The Hall–Kier alpha value is -2.05. The van der Waals surface area contributed by atoms with Crippen molar-refractivity contribution in [2.24, 2.45) is 0 Å². The zero-order chi connectivity index (χ0) is 18.3. The van der Waals surface area contributed by atoms with Crippen molar-refractivity contribution in [1.82, 2.24) is 4.90 Å². The van der Waals surface area contributed by atoms with Gasteiger partial charge in [-0.1, -0.05) is 0 Å². The molecule has 4 rings (SSSR count). The Bertz CT molecular complexity index is 845. The third kappa shape index (κ3) is 3.08. The van der Waals surface area contributed by atoms with Crippen LogP contribution in [0.3, 0.4) is 0 Å². The molecule has 0 aliphatic carbocycles. The molecular formula is C20H23NO4S. The van der Waals surface area contributed by atoms with Crippen molar-refractivity contribution in [3.8, 4) is 11.5 Å². The van der Waals surface area contributed by atoms with Crippen LogP contribution in [0, 0.1) is 0 Å². The number of benzene rings is 1. The minimum atomic E-state index is -0.185. The number of fused-ring (bicyclic) bond motifs is 4. The van der Waals surface area contributed by atoms with E-state index in [0.29, 0.717) is 18.2 Å². The Balaban J connectivity index is 1.60. The average Bonchev–Trinajstić information content (AvgIpc) is 2.92. The standard InChI is InChI=1S/C20H23NO4S/c1-24-18-8-12-5-6-21-11-13-7-14(9-20(23)25-2)26-19(13)4-3-16(21)15(12)10-17(18)22/h7-8,10,16,22H,3-6,9,11H2,1-2H3/t16-/m0/s1. The molecule has 138 valence electrons. The van der Waals surface area contributed by atoms with Crippen LogP contribution in [0.4, 0.5) is 0 Å². The molecule has 6 heteroatoms. The van der Waals surface area contributed by atoms with Gasteiger partial charge in [0.2, 0.25) is 0 Å². The van der Waals surface area contributed by atoms with Gasteiger partial charge in [-0.15, -0.1) is 11.3 Å². The molecule has 26 heavy (non-hydrogen) atoms. The summed E-state index contributed by atoms with van der Waals surface area (Å²) in [6, 6.07) is 6.35. The van der Waals surface area contributed by atoms with Crippen molar-refractivity contribution in [3.05, 3.63) is 44.6 Å². The summed E-state index contributed by atoms with van der Waals surface area (Å²) in [7, 11) is 3.02. The Morgan fingerprint density at radius 1 is 1.27 bits per heavy atom. The first kappa shape index (κ1) is 17.4. The summed E-state index contributed by atoms with van der Waals surface area (Å²) in [6.45, 7) is 1.89. The summed E-state index contributed by atoms with van der Waals surface area (Å²) in [6.07, 6.45) is 3.32. The van der Waals surface area contributed by atoms with Crippen LogP contribution in [0.2, 0.25) is 0 Å². The largest absolute Gasteiger partial charge is 0.504 e. The number of carbonyl (C=O) groups excluding carboxylic acids is 1. The molecule has 0 fully saturated rings. The number of phenols is 1. The summed E-state index contributed by atoms with van der Waals surface area (Å²) in [5.74, 6) is 0.584. The smallest absolute Gasteiger partial charge is 0.310 e. The third-order valence-electron chi connectivity index (χ3n) is 5.42. The molecule has 0 saturated heterocycles. The molecule has 2 aliphatic rings. The Labute approximate surface area is 157 Å². The minimum absolute atomic E-state index is 0.185. The maximum atomic E-state index is 11.6. The molecule has 0 radical (unpaired) electrons. The highest BCUT2D eigenvalue weighted by Gasteiger charge is 2.32. The Morgan fingerprint density at radius 2 is 2.12 bits per heavy atom. The molecule has 2 aromatic rings. The number of aromatic hydroxyl groups is 1. The first-order valence-electron chi connectivity index (χ1n) is 8.90. The van der Waals surface area contributed by atoms with E-state index in [4.69, 9.17) is 9.47 Å². The molecule has 5 nitrogen and oxygen atoms in total. The van der Waals surface area contributed by atoms with E-state index < -0.39 is 0 Å². The highest BCUT2D eigenvalue weighted by Crippen LogP contribution is 2.42. The molecule has 1 aromatic carbocycles. The quantitative estimate of drug-likeness (QED) is 0.837. The second-order valence-corrected chi connectivity index (χ2v) is 8.13. The van der Waals surface area contributed by atoms with Gasteiger partial charge in [0.15, 0.2) is 11.5 Å². The van der Waals surface area contributed by atoms with Gasteiger partial charge in [0, 0.05) is 28.9 Å². The number of rotatable bonds is 3. The number of hydrogen-bond acceptors (Lipinski definition) is 6. The lowest BCUT2D eigenvalue weighted by atomic mass is 9.90. The Kier molecular flexibility index (Phi) is 4.63. The molecule has 0 unspecified atom stereocenters. The monoisotopic (exact) mass is 373 g/mol. The third-order valence-corrected chi connectivity index (χ3v) is 6.66. The minimum Gasteiger partial charge on any atom is -0.504 e. The van der Waals surface area contributed by atoms with Crippen molar-refractivity contribution < 1.29 is 19.4 Å². The van der Waals surface area contributed by atoms with Gasteiger partial charge in [-0.05, 0) is 54.2 Å². The SMILES string of the molecule is COC(=O)Cc1cc2c(s1)CC[C@H]1c3cc(O)c(OC)cc3CCN1C2. The van der Waals surface area contributed by atoms with E-state index >= 15 is 0 Å². The topological polar surface area (TPSA) is 59.0 Å². The molecule has 0 saturated carbocycles. The number of esters is 1. The van der Waals surface area contributed by atoms with E-state index in [1.807, 2.05) is 12.1 Å². The summed E-state index contributed by atoms with van der Waals surface area (Å²) in [5.41, 5.74) is 3.83. The van der Waals surface area contributed by atoms with E-state index in [1.165, 1.54) is 28.7 Å². The van der Waals surface area contributed by atoms with Crippen LogP contribution in [0.25, 0.3) is 0 Å². The number of methoxy groups -OCH3 is 2. The normalized spacial score (nSPS) is 19.1. The van der Waals surface area contributed by atoms with Gasteiger partial charge in [-0.25, -0.2) is 0 Å². The second-order valence-electron chi connectivity index (χ2n) is 6.91. The van der Waals surface area contributed by atoms with Crippen LogP contribution < -0.4 is 4.74 Å². The molecule has 0 amide bonds. The van der Waals surface area contributed by atoms with Crippen molar-refractivity contribution in [3.63, 3.8) is 0 Å². The average molecular weight is 373 g/mol. The molecule has 1 atom stereocenters. The van der Waals surface area contributed by atoms with Crippen molar-refractivity contribution >= 4 is 17.3 Å². The van der Waals surface area contributed by atoms with Crippen molar-refractivity contribution in [2.75, 3.05) is 20.8 Å². The van der Waals surface area contributed by atoms with Gasteiger partial charge in [0.25, 0.3) is 0 Å². The van der Waals surface area contributed by atoms with Crippen LogP contribution in [0.5, 0.6) is 11.5 Å². The Morgan fingerprint density at radius 3 is 2.88 bits per heavy atom. The number of phenolic OH excluding ortho intramolecular Hbond substituents is 1. The molecule has 3 heterocycles. The van der Waals surface area contributed by atoms with Crippen LogP contribution in [0.1, 0.15) is 38.9 Å². The van der Waals surface area contributed by atoms with Crippen molar-refractivity contribution in [1.29, 1.82) is 0 Å². The number of thiophene rings is 1. The van der Waals surface area contributed by atoms with Gasteiger partial charge < -0.3 is 14.6 Å². The maximum absolute atomic E-state index is 11.6. The number of nitrogens with zero attached hydrogens (tertiary/aromatic N) is 1. The van der Waals surface area contributed by atoms with Gasteiger partial charge >= 0.3 is 5.97 Å². The number of hydrogen-bond donors (Lipinski definition) is 1. The fourth-order valence-corrected chi connectivity index (χ4v) is 5.30. The summed E-state index contributed by atoms with van der Waals surface area (Å²) in [5, 5.41) is 10.2. The summed E-state index contributed by atoms with van der Waals surface area (Å²) >= 11 is 1.73. The fourth-order valence-electron chi connectivity index (χ4n) is 4.12. The first-order valence-corrected chi connectivity index (χ1v) is 9.71. The maximum Gasteiger partial charge on any atom is 0.310 e. The molecule has 1 N–H and O–H groups in total. The van der Waals surface area contributed by atoms with E-state index in [2.05, 4.69) is 11.0 Å². The van der Waals surface area contributed by atoms with E-state index in [1.54, 1.807) is 18.4 Å². The van der Waals surface area contributed by atoms with Crippen LogP contribution >= 0.6 is 11.3 Å². The zero-order valence-electron chi connectivity index (χ0n) is 15.1. The van der Waals surface area contributed by atoms with Crippen LogP contribution in [0.15, 0.2) is 18.2 Å². The van der Waals surface area contributed by atoms with Crippen molar-refractivity contribution in [2.45, 2.75) is 38.3 Å². The first-order chi connectivity index (χ1) is 12.6. The molecular weight excluding hydrogens is 350 g/mol. The lowest BCUT2D eigenvalue weighted by molar-refractivity contribution is -0.139. The van der Waals surface area contributed by atoms with Crippen LogP contribution in [-0.4, -0.2) is 36.7 Å². The molecule has 0 spiro atoms.